The molecule has 0 aliphatic heterocycles. The summed E-state index contributed by atoms with van der Waals surface area (Å²) in [6.07, 6.45) is 13.0. The summed E-state index contributed by atoms with van der Waals surface area (Å²) >= 11 is 0. The molecule has 0 aliphatic rings. The van der Waals surface area contributed by atoms with Crippen molar-refractivity contribution in [2.24, 2.45) is 0 Å². The molecule has 0 saturated carbocycles. The van der Waals surface area contributed by atoms with E-state index in [4.69, 9.17) is 0 Å². The Morgan fingerprint density at radius 1 is 1.29 bits per heavy atom. The minimum atomic E-state index is -0.0175. The van der Waals surface area contributed by atoms with Crippen LogP contribution in [0.15, 0.2) is 48.8 Å². The molecule has 1 aromatic heterocycles. The number of hydrogen-bond donors (Lipinski definition) is 0. The van der Waals surface area contributed by atoms with Crippen LogP contribution in [0, 0.1) is 0 Å². The molecule has 0 radical (unpaired) electrons. The summed E-state index contributed by atoms with van der Waals surface area (Å²) in [5.41, 5.74) is 0. The number of aromatic nitrogens is 1. The smallest absolute Gasteiger partial charge is 0.254 e. The lowest BCUT2D eigenvalue weighted by molar-refractivity contribution is 0.0969. The van der Waals surface area contributed by atoms with Crippen LogP contribution in [-0.2, 0) is 0 Å². The lowest BCUT2D eigenvalue weighted by Crippen LogP contribution is -2.02. The summed E-state index contributed by atoms with van der Waals surface area (Å²) in [4.78, 5) is 11.4. The van der Waals surface area contributed by atoms with E-state index >= 15 is 0 Å². The third-order valence-corrected chi connectivity index (χ3v) is 1.80. The van der Waals surface area contributed by atoms with Crippen LogP contribution in [0.4, 0.5) is 0 Å². The second kappa shape index (κ2) is 5.97. The van der Waals surface area contributed by atoms with Gasteiger partial charge in [0.05, 0.1) is 0 Å². The Morgan fingerprint density at radius 3 is 2.64 bits per heavy atom. The lowest BCUT2D eigenvalue weighted by atomic mass is 10.3. The summed E-state index contributed by atoms with van der Waals surface area (Å²) in [7, 11) is 0. The minimum Gasteiger partial charge on any atom is -0.291 e. The highest BCUT2D eigenvalue weighted by Gasteiger charge is 1.94. The fourth-order valence-corrected chi connectivity index (χ4v) is 1.05. The van der Waals surface area contributed by atoms with Gasteiger partial charge in [0.25, 0.3) is 5.91 Å². The molecular weight excluding hydrogens is 174 g/mol. The first kappa shape index (κ1) is 10.5. The van der Waals surface area contributed by atoms with Crippen molar-refractivity contribution in [1.29, 1.82) is 0 Å². The minimum absolute atomic E-state index is 0.0175. The van der Waals surface area contributed by atoms with Crippen LogP contribution in [0.3, 0.4) is 0 Å². The van der Waals surface area contributed by atoms with E-state index in [1.54, 1.807) is 29.1 Å². The monoisotopic (exact) mass is 189 g/mol. The van der Waals surface area contributed by atoms with Crippen molar-refractivity contribution in [3.63, 3.8) is 0 Å². The number of unbranched alkanes of at least 4 members (excludes halogenated alkanes) is 1. The molecule has 0 aliphatic carbocycles. The molecule has 0 fully saturated rings. The van der Waals surface area contributed by atoms with Crippen LogP contribution in [0.25, 0.3) is 0 Å². The third-order valence-electron chi connectivity index (χ3n) is 1.80. The van der Waals surface area contributed by atoms with Crippen LogP contribution < -0.4 is 0 Å². The van der Waals surface area contributed by atoms with Crippen molar-refractivity contribution in [2.75, 3.05) is 0 Å². The van der Waals surface area contributed by atoms with Gasteiger partial charge in [-0.15, -0.1) is 0 Å². The van der Waals surface area contributed by atoms with Gasteiger partial charge in [-0.3, -0.25) is 9.36 Å². The van der Waals surface area contributed by atoms with Crippen molar-refractivity contribution in [2.45, 2.75) is 19.8 Å². The summed E-state index contributed by atoms with van der Waals surface area (Å²) in [6, 6.07) is 3.66. The maximum absolute atomic E-state index is 11.4. The molecule has 0 aromatic carbocycles. The summed E-state index contributed by atoms with van der Waals surface area (Å²) in [5.74, 6) is -0.0175. The number of hydrogen-bond acceptors (Lipinski definition) is 1. The highest BCUT2D eigenvalue weighted by molar-refractivity contribution is 5.89. The van der Waals surface area contributed by atoms with E-state index in [9.17, 15) is 4.79 Å². The van der Waals surface area contributed by atoms with Crippen LogP contribution in [0.2, 0.25) is 0 Å². The molecule has 0 amide bonds. The van der Waals surface area contributed by atoms with Gasteiger partial charge >= 0.3 is 0 Å². The second-order valence-electron chi connectivity index (χ2n) is 3.00. The first-order valence-corrected chi connectivity index (χ1v) is 4.85. The standard InChI is InChI=1S/C12H15NO/c1-2-3-4-5-6-9-12(14)13-10-7-8-11-13/h4-11H,2-3H2,1H3/b5-4+,9-6+. The van der Waals surface area contributed by atoms with E-state index < -0.39 is 0 Å². The Kier molecular flexibility index (Phi) is 4.48. The van der Waals surface area contributed by atoms with Gasteiger partial charge in [0, 0.05) is 18.5 Å². The van der Waals surface area contributed by atoms with E-state index in [0.29, 0.717) is 0 Å². The Bertz CT molecular complexity index is 320. The molecule has 14 heavy (non-hydrogen) atoms. The zero-order valence-corrected chi connectivity index (χ0v) is 8.39. The normalized spacial score (nSPS) is 11.5. The second-order valence-corrected chi connectivity index (χ2v) is 3.00. The maximum atomic E-state index is 11.4. The van der Waals surface area contributed by atoms with Gasteiger partial charge in [0.15, 0.2) is 0 Å². The first-order valence-electron chi connectivity index (χ1n) is 4.85. The van der Waals surface area contributed by atoms with Crippen LogP contribution in [0.5, 0.6) is 0 Å². The number of allylic oxidation sites excluding steroid dienone is 4. The van der Waals surface area contributed by atoms with E-state index in [1.807, 2.05) is 18.2 Å². The zero-order chi connectivity index (χ0) is 10.2. The molecule has 0 bridgehead atoms. The van der Waals surface area contributed by atoms with Crippen molar-refractivity contribution >= 4 is 5.91 Å². The van der Waals surface area contributed by atoms with Crippen molar-refractivity contribution < 1.29 is 4.79 Å². The molecule has 0 saturated heterocycles. The highest BCUT2D eigenvalue weighted by Crippen LogP contribution is 1.92. The Labute approximate surface area is 84.6 Å². The molecule has 0 unspecified atom stereocenters. The largest absolute Gasteiger partial charge is 0.291 e. The molecule has 74 valence electrons. The molecule has 0 atom stereocenters. The Morgan fingerprint density at radius 2 is 2.00 bits per heavy atom. The predicted molar refractivity (Wildman–Crippen MR) is 58.2 cm³/mol. The van der Waals surface area contributed by atoms with Crippen molar-refractivity contribution in [1.82, 2.24) is 4.57 Å². The molecule has 2 heteroatoms. The number of nitrogens with zero attached hydrogens (tertiary/aromatic N) is 1. The van der Waals surface area contributed by atoms with Gasteiger partial charge in [0.2, 0.25) is 0 Å². The molecule has 0 spiro atoms. The maximum Gasteiger partial charge on any atom is 0.254 e. The molecule has 1 aromatic rings. The zero-order valence-electron chi connectivity index (χ0n) is 8.39. The molecular formula is C12H15NO. The van der Waals surface area contributed by atoms with E-state index in [1.165, 1.54) is 0 Å². The van der Waals surface area contributed by atoms with Crippen LogP contribution in [-0.4, -0.2) is 10.5 Å². The van der Waals surface area contributed by atoms with Gasteiger partial charge in [-0.1, -0.05) is 31.6 Å². The number of carbonyl (C=O) groups is 1. The first-order chi connectivity index (χ1) is 6.84. The quantitative estimate of drug-likeness (QED) is 0.527. The number of carbonyl (C=O) groups excluding carboxylic acids is 1. The molecule has 0 N–H and O–H groups in total. The van der Waals surface area contributed by atoms with Gasteiger partial charge < -0.3 is 0 Å². The van der Waals surface area contributed by atoms with E-state index in [0.717, 1.165) is 12.8 Å². The summed E-state index contributed by atoms with van der Waals surface area (Å²) in [5, 5.41) is 0. The highest BCUT2D eigenvalue weighted by atomic mass is 16.1. The van der Waals surface area contributed by atoms with Gasteiger partial charge in [-0.25, -0.2) is 0 Å². The SMILES string of the molecule is CCC/C=C/C=C/C(=O)n1cccc1. The fraction of sp³-hybridized carbons (Fsp3) is 0.250. The molecule has 1 heterocycles. The van der Waals surface area contributed by atoms with Crippen LogP contribution in [0.1, 0.15) is 24.6 Å². The van der Waals surface area contributed by atoms with Gasteiger partial charge in [-0.2, -0.15) is 0 Å². The van der Waals surface area contributed by atoms with Gasteiger partial charge in [-0.05, 0) is 18.6 Å². The van der Waals surface area contributed by atoms with Crippen molar-refractivity contribution in [3.8, 4) is 0 Å². The number of rotatable bonds is 4. The predicted octanol–water partition coefficient (Wildman–Crippen LogP) is 3.04. The molecule has 1 rings (SSSR count). The third kappa shape index (κ3) is 3.44. The molecule has 2 nitrogen and oxygen atoms in total. The summed E-state index contributed by atoms with van der Waals surface area (Å²) in [6.45, 7) is 2.12. The van der Waals surface area contributed by atoms with E-state index in [-0.39, 0.29) is 5.91 Å². The van der Waals surface area contributed by atoms with E-state index in [2.05, 4.69) is 13.0 Å². The average Bonchev–Trinajstić information content (AvgIpc) is 2.70. The van der Waals surface area contributed by atoms with Gasteiger partial charge in [0.1, 0.15) is 0 Å². The van der Waals surface area contributed by atoms with Crippen LogP contribution >= 0.6 is 0 Å². The Balaban J connectivity index is 2.41. The topological polar surface area (TPSA) is 22.0 Å². The average molecular weight is 189 g/mol. The Hall–Kier alpha value is -1.57. The fourth-order valence-electron chi connectivity index (χ4n) is 1.05. The van der Waals surface area contributed by atoms with Crippen molar-refractivity contribution in [3.05, 3.63) is 48.8 Å². The lowest BCUT2D eigenvalue weighted by Gasteiger charge is -1.92. The summed E-state index contributed by atoms with van der Waals surface area (Å²) < 4.78 is 1.55.